The predicted octanol–water partition coefficient (Wildman–Crippen LogP) is 1.49. The summed E-state index contributed by atoms with van der Waals surface area (Å²) in [6.07, 6.45) is 0.418. The zero-order valence-electron chi connectivity index (χ0n) is 11.6. The van der Waals surface area contributed by atoms with Crippen molar-refractivity contribution in [1.29, 1.82) is 0 Å². The Morgan fingerprint density at radius 2 is 2.38 bits per heavy atom. The maximum atomic E-state index is 12.1. The van der Waals surface area contributed by atoms with Crippen LogP contribution in [0.5, 0.6) is 0 Å². The van der Waals surface area contributed by atoms with Gasteiger partial charge in [0, 0.05) is 23.4 Å². The first-order chi connectivity index (χ1) is 10.1. The van der Waals surface area contributed by atoms with Gasteiger partial charge in [-0.3, -0.25) is 9.59 Å². The number of aryl methyl sites for hydroxylation is 1. The van der Waals surface area contributed by atoms with Gasteiger partial charge in [0.05, 0.1) is 6.61 Å². The van der Waals surface area contributed by atoms with Crippen molar-refractivity contribution >= 4 is 28.6 Å². The molecular weight excluding hydrogens is 288 g/mol. The van der Waals surface area contributed by atoms with E-state index in [4.69, 9.17) is 5.11 Å². The van der Waals surface area contributed by atoms with Crippen LogP contribution in [0.15, 0.2) is 18.2 Å². The van der Waals surface area contributed by atoms with Crippen LogP contribution in [0.25, 0.3) is 0 Å². The fourth-order valence-electron chi connectivity index (χ4n) is 1.80. The zero-order chi connectivity index (χ0) is 15.2. The highest BCUT2D eigenvalue weighted by atomic mass is 32.2. The molecular formula is C15H16N2O3S. The highest BCUT2D eigenvalue weighted by Gasteiger charge is 2.28. The van der Waals surface area contributed by atoms with Crippen molar-refractivity contribution in [2.75, 3.05) is 17.7 Å². The van der Waals surface area contributed by atoms with Gasteiger partial charge in [-0.1, -0.05) is 29.7 Å². The Labute approximate surface area is 127 Å². The van der Waals surface area contributed by atoms with E-state index in [1.165, 1.54) is 0 Å². The Kier molecular flexibility index (Phi) is 5.26. The number of carbonyl (C=O) groups is 2. The first kappa shape index (κ1) is 15.4. The molecule has 0 aliphatic carbocycles. The van der Waals surface area contributed by atoms with Crippen molar-refractivity contribution in [3.05, 3.63) is 29.3 Å². The number of benzene rings is 1. The van der Waals surface area contributed by atoms with Crippen molar-refractivity contribution in [3.63, 3.8) is 0 Å². The standard InChI is InChI=1S/C15H16N2O3S/c1-10-5-6-11(4-2-3-7-18)8-12(10)16-14(19)13-9-21-15(20)17-13/h5-6,8,13,18H,3,7,9H2,1H3,(H,16,19)(H,17,20). The summed E-state index contributed by atoms with van der Waals surface area (Å²) in [4.78, 5) is 23.2. The molecule has 0 radical (unpaired) electrons. The molecule has 0 saturated carbocycles. The van der Waals surface area contributed by atoms with Crippen LogP contribution < -0.4 is 10.6 Å². The third kappa shape index (κ3) is 4.25. The van der Waals surface area contributed by atoms with Crippen LogP contribution >= 0.6 is 11.8 Å². The van der Waals surface area contributed by atoms with E-state index in [1.807, 2.05) is 19.1 Å². The predicted molar refractivity (Wildman–Crippen MR) is 83.2 cm³/mol. The summed E-state index contributed by atoms with van der Waals surface area (Å²) in [5.74, 6) is 5.99. The number of carbonyl (C=O) groups excluding carboxylic acids is 2. The molecule has 0 spiro atoms. The van der Waals surface area contributed by atoms with E-state index in [1.54, 1.807) is 6.07 Å². The molecule has 0 bridgehead atoms. The van der Waals surface area contributed by atoms with Gasteiger partial charge in [0.15, 0.2) is 0 Å². The topological polar surface area (TPSA) is 78.4 Å². The highest BCUT2D eigenvalue weighted by molar-refractivity contribution is 8.14. The van der Waals surface area contributed by atoms with Crippen molar-refractivity contribution < 1.29 is 14.7 Å². The summed E-state index contributed by atoms with van der Waals surface area (Å²) in [6, 6.07) is 5.04. The lowest BCUT2D eigenvalue weighted by molar-refractivity contribution is -0.117. The Morgan fingerprint density at radius 1 is 1.57 bits per heavy atom. The Bertz CT molecular complexity index is 619. The minimum atomic E-state index is -0.494. The molecule has 1 saturated heterocycles. The number of anilines is 1. The largest absolute Gasteiger partial charge is 0.395 e. The quantitative estimate of drug-likeness (QED) is 0.739. The minimum absolute atomic E-state index is 0.0293. The van der Waals surface area contributed by atoms with Crippen molar-refractivity contribution in [2.24, 2.45) is 0 Å². The Hall–Kier alpha value is -1.97. The van der Waals surface area contributed by atoms with Gasteiger partial charge in [-0.05, 0) is 24.6 Å². The number of thioether (sulfide) groups is 1. The van der Waals surface area contributed by atoms with Crippen LogP contribution in [0, 0.1) is 18.8 Å². The lowest BCUT2D eigenvalue weighted by atomic mass is 10.1. The van der Waals surface area contributed by atoms with E-state index >= 15 is 0 Å². The first-order valence-corrected chi connectivity index (χ1v) is 7.53. The molecule has 1 atom stereocenters. The first-order valence-electron chi connectivity index (χ1n) is 6.54. The fourth-order valence-corrected chi connectivity index (χ4v) is 2.58. The summed E-state index contributed by atoms with van der Waals surface area (Å²) in [5.41, 5.74) is 2.38. The van der Waals surface area contributed by atoms with E-state index in [2.05, 4.69) is 22.5 Å². The van der Waals surface area contributed by atoms with Gasteiger partial charge in [-0.2, -0.15) is 0 Å². The third-order valence-corrected chi connectivity index (χ3v) is 3.83. The van der Waals surface area contributed by atoms with Crippen LogP contribution in [0.2, 0.25) is 0 Å². The average Bonchev–Trinajstić information content (AvgIpc) is 2.89. The van der Waals surface area contributed by atoms with Crippen LogP contribution in [0.3, 0.4) is 0 Å². The van der Waals surface area contributed by atoms with E-state index in [9.17, 15) is 9.59 Å². The van der Waals surface area contributed by atoms with Gasteiger partial charge >= 0.3 is 0 Å². The third-order valence-electron chi connectivity index (χ3n) is 2.95. The number of hydrogen-bond donors (Lipinski definition) is 3. The molecule has 1 aromatic rings. The smallest absolute Gasteiger partial charge is 0.279 e. The number of hydrogen-bond acceptors (Lipinski definition) is 4. The molecule has 5 nitrogen and oxygen atoms in total. The van der Waals surface area contributed by atoms with Crippen LogP contribution in [-0.4, -0.2) is 34.7 Å². The van der Waals surface area contributed by atoms with E-state index < -0.39 is 6.04 Å². The van der Waals surface area contributed by atoms with Crippen LogP contribution in [0.4, 0.5) is 10.5 Å². The molecule has 1 aromatic carbocycles. The number of aliphatic hydroxyl groups is 1. The SMILES string of the molecule is Cc1ccc(C#CCCO)cc1NC(=O)C1CSC(=O)N1. The monoisotopic (exact) mass is 304 g/mol. The summed E-state index contributed by atoms with van der Waals surface area (Å²) in [6.45, 7) is 1.92. The van der Waals surface area contributed by atoms with Crippen LogP contribution in [0.1, 0.15) is 17.5 Å². The van der Waals surface area contributed by atoms with Gasteiger partial charge in [0.2, 0.25) is 5.91 Å². The molecule has 0 aromatic heterocycles. The summed E-state index contributed by atoms with van der Waals surface area (Å²) < 4.78 is 0. The minimum Gasteiger partial charge on any atom is -0.395 e. The number of aliphatic hydroxyl groups excluding tert-OH is 1. The maximum absolute atomic E-state index is 12.1. The maximum Gasteiger partial charge on any atom is 0.279 e. The highest BCUT2D eigenvalue weighted by Crippen LogP contribution is 2.19. The lowest BCUT2D eigenvalue weighted by Crippen LogP contribution is -2.38. The molecule has 110 valence electrons. The molecule has 1 aliphatic rings. The molecule has 21 heavy (non-hydrogen) atoms. The number of rotatable bonds is 3. The second-order valence-corrected chi connectivity index (χ2v) is 5.58. The molecule has 1 fully saturated rings. The molecule has 1 aliphatic heterocycles. The average molecular weight is 304 g/mol. The summed E-state index contributed by atoms with van der Waals surface area (Å²) >= 11 is 1.11. The molecule has 1 unspecified atom stereocenters. The fraction of sp³-hybridized carbons (Fsp3) is 0.333. The molecule has 2 rings (SSSR count). The van der Waals surface area contributed by atoms with Crippen molar-refractivity contribution in [1.82, 2.24) is 5.32 Å². The number of nitrogens with one attached hydrogen (secondary N) is 2. The summed E-state index contributed by atoms with van der Waals surface area (Å²) in [7, 11) is 0. The second kappa shape index (κ2) is 7.16. The van der Waals surface area contributed by atoms with E-state index in [0.717, 1.165) is 22.9 Å². The van der Waals surface area contributed by atoms with Gasteiger partial charge < -0.3 is 15.7 Å². The van der Waals surface area contributed by atoms with E-state index in [0.29, 0.717) is 17.9 Å². The lowest BCUT2D eigenvalue weighted by Gasteiger charge is -2.12. The Morgan fingerprint density at radius 3 is 3.05 bits per heavy atom. The normalized spacial score (nSPS) is 16.9. The van der Waals surface area contributed by atoms with Gasteiger partial charge in [-0.25, -0.2) is 0 Å². The number of amides is 2. The second-order valence-electron chi connectivity index (χ2n) is 4.59. The van der Waals surface area contributed by atoms with Crippen LogP contribution in [-0.2, 0) is 4.79 Å². The van der Waals surface area contributed by atoms with Crippen molar-refractivity contribution in [3.8, 4) is 11.8 Å². The van der Waals surface area contributed by atoms with Gasteiger partial charge in [-0.15, -0.1) is 0 Å². The summed E-state index contributed by atoms with van der Waals surface area (Å²) in [5, 5.41) is 14.0. The van der Waals surface area contributed by atoms with Crippen molar-refractivity contribution in [2.45, 2.75) is 19.4 Å². The zero-order valence-corrected chi connectivity index (χ0v) is 12.4. The van der Waals surface area contributed by atoms with Gasteiger partial charge in [0.1, 0.15) is 6.04 Å². The molecule has 1 heterocycles. The molecule has 3 N–H and O–H groups in total. The molecule has 2 amide bonds. The van der Waals surface area contributed by atoms with Gasteiger partial charge in [0.25, 0.3) is 5.24 Å². The Balaban J connectivity index is 2.08. The molecule has 6 heteroatoms. The van der Waals surface area contributed by atoms with E-state index in [-0.39, 0.29) is 17.8 Å².